The molecule has 30 valence electrons. The summed E-state index contributed by atoms with van der Waals surface area (Å²) < 4.78 is 11.8. The fourth-order valence-electron chi connectivity index (χ4n) is 0.289. The van der Waals surface area contributed by atoms with Crippen LogP contribution in [-0.4, -0.2) is 12.7 Å². The minimum absolute atomic E-state index is 0.0602. The van der Waals surface area contributed by atoms with Crippen LogP contribution in [0.4, 0.5) is 0 Å². The first-order valence-corrected chi connectivity index (χ1v) is 1.84. The quantitative estimate of drug-likeness (QED) is 0.412. The highest BCUT2D eigenvalue weighted by Crippen LogP contribution is 2.07. The Hall–Kier alpha value is -0.0400. The van der Waals surface area contributed by atoms with Crippen molar-refractivity contribution >= 4 is 0 Å². The highest BCUT2D eigenvalue weighted by Gasteiger charge is 2.09. The molecule has 0 amide bonds. The van der Waals surface area contributed by atoms with E-state index in [1.54, 1.807) is 0 Å². The van der Waals surface area contributed by atoms with Crippen LogP contribution in [-0.2, 0) is 4.74 Å². The van der Waals surface area contributed by atoms with E-state index < -0.39 is 0 Å². The zero-order valence-electron chi connectivity index (χ0n) is 4.27. The molecule has 0 aliphatic carbocycles. The third-order valence-corrected chi connectivity index (χ3v) is 0.787. The van der Waals surface area contributed by atoms with Gasteiger partial charge in [-0.1, -0.05) is 0 Å². The van der Waals surface area contributed by atoms with E-state index in [4.69, 9.17) is 6.11 Å². The van der Waals surface area contributed by atoms with Gasteiger partial charge in [0.25, 0.3) is 0 Å². The molecule has 2 unspecified atom stereocenters. The second kappa shape index (κ2) is 0.977. The zero-order valence-corrected chi connectivity index (χ0v) is 3.27. The molecule has 1 aliphatic rings. The summed E-state index contributed by atoms with van der Waals surface area (Å²) in [5, 5.41) is 0. The number of rotatable bonds is 0. The van der Waals surface area contributed by atoms with Crippen molar-refractivity contribution in [2.75, 3.05) is 6.61 Å². The van der Waals surface area contributed by atoms with E-state index in [9.17, 15) is 0 Å². The van der Waals surface area contributed by atoms with Gasteiger partial charge < -0.3 is 4.74 Å². The van der Waals surface area contributed by atoms with E-state index >= 15 is 0 Å². The molecule has 1 rings (SSSR count). The molecular weight excluding hydrogens is 64.0 g/mol. The third-order valence-electron chi connectivity index (χ3n) is 0.787. The standard InChI is InChI=1S/C4H8O/c1-4-2-3-5-4/h4H,2-3H2,1H3/i2D. The van der Waals surface area contributed by atoms with Crippen LogP contribution in [0.2, 0.25) is 0 Å². The van der Waals surface area contributed by atoms with Crippen LogP contribution in [0.15, 0.2) is 0 Å². The predicted octanol–water partition coefficient (Wildman–Crippen LogP) is 0.795. The first-order valence-electron chi connectivity index (χ1n) is 2.42. The SMILES string of the molecule is [2H]C1COC1C. The fraction of sp³-hybridized carbons (Fsp3) is 1.00. The Labute approximate surface area is 33.3 Å². The zero-order chi connectivity index (χ0) is 4.57. The maximum absolute atomic E-state index is 6.99. The number of hydrogen-bond donors (Lipinski definition) is 0. The van der Waals surface area contributed by atoms with Crippen molar-refractivity contribution in [3.05, 3.63) is 0 Å². The van der Waals surface area contributed by atoms with Gasteiger partial charge in [-0.25, -0.2) is 0 Å². The maximum Gasteiger partial charge on any atom is 0.0568 e. The van der Waals surface area contributed by atoms with Gasteiger partial charge in [0, 0.05) is 7.98 Å². The van der Waals surface area contributed by atoms with Gasteiger partial charge in [0.05, 0.1) is 6.10 Å². The summed E-state index contributed by atoms with van der Waals surface area (Å²) in [5.41, 5.74) is 0. The summed E-state index contributed by atoms with van der Waals surface area (Å²) in [5.74, 6) is 0. The van der Waals surface area contributed by atoms with Crippen molar-refractivity contribution in [1.82, 2.24) is 0 Å². The fourth-order valence-corrected chi connectivity index (χ4v) is 0.289. The molecule has 0 aromatic carbocycles. The van der Waals surface area contributed by atoms with Gasteiger partial charge in [-0.2, -0.15) is 0 Å². The van der Waals surface area contributed by atoms with Crippen LogP contribution >= 0.6 is 0 Å². The summed E-state index contributed by atoms with van der Waals surface area (Å²) in [6.45, 7) is 2.56. The largest absolute Gasteiger partial charge is 0.378 e. The summed E-state index contributed by atoms with van der Waals surface area (Å²) in [6.07, 6.45) is 0.259. The topological polar surface area (TPSA) is 9.23 Å². The minimum atomic E-state index is 0.0602. The third kappa shape index (κ3) is 0.428. The Morgan fingerprint density at radius 2 is 2.80 bits per heavy atom. The first kappa shape index (κ1) is 2.19. The lowest BCUT2D eigenvalue weighted by Gasteiger charge is -2.20. The monoisotopic (exact) mass is 73.1 g/mol. The van der Waals surface area contributed by atoms with E-state index in [-0.39, 0.29) is 12.5 Å². The molecule has 0 bridgehead atoms. The van der Waals surface area contributed by atoms with Gasteiger partial charge in [-0.3, -0.25) is 0 Å². The molecular formula is C4H8O. The lowest BCUT2D eigenvalue weighted by molar-refractivity contribution is -0.0375. The van der Waals surface area contributed by atoms with E-state index in [1.165, 1.54) is 0 Å². The van der Waals surface area contributed by atoms with E-state index in [0.717, 1.165) is 0 Å². The van der Waals surface area contributed by atoms with Gasteiger partial charge in [0.1, 0.15) is 0 Å². The summed E-state index contributed by atoms with van der Waals surface area (Å²) in [6, 6.07) is 0. The molecule has 0 aromatic heterocycles. The lowest BCUT2D eigenvalue weighted by Crippen LogP contribution is -2.22. The molecule has 1 aliphatic heterocycles. The maximum atomic E-state index is 6.99. The first-order chi connectivity index (χ1) is 2.80. The normalized spacial score (nSPS) is 54.2. The van der Waals surface area contributed by atoms with Crippen LogP contribution in [0, 0.1) is 0 Å². The van der Waals surface area contributed by atoms with Crippen LogP contribution in [0.25, 0.3) is 0 Å². The van der Waals surface area contributed by atoms with Crippen LogP contribution in [0.3, 0.4) is 0 Å². The molecule has 1 heterocycles. The molecule has 0 N–H and O–H groups in total. The molecule has 0 saturated carbocycles. The smallest absolute Gasteiger partial charge is 0.0568 e. The summed E-state index contributed by atoms with van der Waals surface area (Å²) >= 11 is 0. The van der Waals surface area contributed by atoms with E-state index in [0.29, 0.717) is 6.61 Å². The summed E-state index contributed by atoms with van der Waals surface area (Å²) in [4.78, 5) is 0. The van der Waals surface area contributed by atoms with Crippen molar-refractivity contribution in [3.8, 4) is 0 Å². The average Bonchev–Trinajstić information content (AvgIpc) is 1.61. The lowest BCUT2D eigenvalue weighted by atomic mass is 10.2. The predicted molar refractivity (Wildman–Crippen MR) is 20.0 cm³/mol. The number of ether oxygens (including phenoxy) is 1. The second-order valence-corrected chi connectivity index (χ2v) is 1.27. The highest BCUT2D eigenvalue weighted by atomic mass is 16.5. The van der Waals surface area contributed by atoms with Gasteiger partial charge in [-0.05, 0) is 13.3 Å². The van der Waals surface area contributed by atoms with Crippen LogP contribution < -0.4 is 0 Å². The van der Waals surface area contributed by atoms with Gasteiger partial charge in [-0.15, -0.1) is 0 Å². The Bertz CT molecular complexity index is 47.5. The molecule has 0 aromatic rings. The van der Waals surface area contributed by atoms with Crippen LogP contribution in [0.5, 0.6) is 0 Å². The van der Waals surface area contributed by atoms with Crippen molar-refractivity contribution in [3.63, 3.8) is 0 Å². The minimum Gasteiger partial charge on any atom is -0.378 e. The van der Waals surface area contributed by atoms with Gasteiger partial charge in [0.15, 0.2) is 0 Å². The molecule has 1 saturated heterocycles. The Morgan fingerprint density at radius 3 is 2.80 bits per heavy atom. The summed E-state index contributed by atoms with van der Waals surface area (Å²) in [7, 11) is 0. The molecule has 1 nitrogen and oxygen atoms in total. The Balaban J connectivity index is 2.20. The Morgan fingerprint density at radius 1 is 2.20 bits per heavy atom. The van der Waals surface area contributed by atoms with Gasteiger partial charge in [0.2, 0.25) is 0 Å². The molecule has 2 atom stereocenters. The molecule has 1 fully saturated rings. The Kier molecular flexibility index (Phi) is 0.428. The van der Waals surface area contributed by atoms with Crippen molar-refractivity contribution in [1.29, 1.82) is 0 Å². The highest BCUT2D eigenvalue weighted by molar-refractivity contribution is 4.57. The van der Waals surface area contributed by atoms with Crippen molar-refractivity contribution in [2.45, 2.75) is 19.4 Å². The molecule has 1 heteroatoms. The van der Waals surface area contributed by atoms with Gasteiger partial charge >= 0.3 is 0 Å². The second-order valence-electron chi connectivity index (χ2n) is 1.27. The van der Waals surface area contributed by atoms with Crippen molar-refractivity contribution in [2.24, 2.45) is 0 Å². The molecule has 0 spiro atoms. The van der Waals surface area contributed by atoms with Crippen molar-refractivity contribution < 1.29 is 6.11 Å². The average molecular weight is 73.1 g/mol. The number of hydrogen-bond acceptors (Lipinski definition) is 1. The molecule has 0 radical (unpaired) electrons. The molecule has 5 heavy (non-hydrogen) atoms. The van der Waals surface area contributed by atoms with E-state index in [2.05, 4.69) is 0 Å². The van der Waals surface area contributed by atoms with Crippen LogP contribution in [0.1, 0.15) is 14.7 Å². The van der Waals surface area contributed by atoms with E-state index in [1.807, 2.05) is 6.92 Å².